The summed E-state index contributed by atoms with van der Waals surface area (Å²) in [7, 11) is 0. The van der Waals surface area contributed by atoms with Gasteiger partial charge in [0.2, 0.25) is 5.89 Å². The zero-order valence-electron chi connectivity index (χ0n) is 11.0. The fourth-order valence-electron chi connectivity index (χ4n) is 2.12. The van der Waals surface area contributed by atoms with Crippen LogP contribution in [0.15, 0.2) is 34.7 Å². The third kappa shape index (κ3) is 2.30. The molecule has 0 saturated carbocycles. The number of nitro groups is 1. The Hall–Kier alpha value is -2.60. The van der Waals surface area contributed by atoms with Gasteiger partial charge in [0.1, 0.15) is 11.2 Å². The summed E-state index contributed by atoms with van der Waals surface area (Å²) < 4.78 is 5.68. The minimum Gasteiger partial charge on any atom is -0.436 e. The molecular weight excluding hydrogens is 294 g/mol. The molecule has 0 aliphatic heterocycles. The summed E-state index contributed by atoms with van der Waals surface area (Å²) in [5.74, 6) is 0.290. The summed E-state index contributed by atoms with van der Waals surface area (Å²) in [6.07, 6.45) is 0. The van der Waals surface area contributed by atoms with E-state index in [4.69, 9.17) is 21.8 Å². The van der Waals surface area contributed by atoms with E-state index in [0.29, 0.717) is 27.6 Å². The summed E-state index contributed by atoms with van der Waals surface area (Å²) in [4.78, 5) is 14.7. The van der Waals surface area contributed by atoms with Crippen molar-refractivity contribution in [1.82, 2.24) is 4.98 Å². The molecule has 0 aliphatic rings. The fraction of sp³-hybridized carbons (Fsp3) is 0.0714. The van der Waals surface area contributed by atoms with Gasteiger partial charge in [-0.25, -0.2) is 4.98 Å². The first kappa shape index (κ1) is 13.4. The number of fused-ring (bicyclic) bond motifs is 1. The Balaban J connectivity index is 2.19. The van der Waals surface area contributed by atoms with E-state index in [2.05, 4.69) is 4.98 Å². The molecule has 0 aliphatic carbocycles. The zero-order valence-corrected chi connectivity index (χ0v) is 11.7. The van der Waals surface area contributed by atoms with Crippen LogP contribution < -0.4 is 5.73 Å². The number of nitrogen functional groups attached to an aromatic ring is 1. The van der Waals surface area contributed by atoms with E-state index in [1.165, 1.54) is 12.1 Å². The SMILES string of the molecule is Cc1cc(Cl)cc2nc(-c3ccc(N)c([N+](=O)[O-])c3)oc12. The number of halogens is 1. The minimum absolute atomic E-state index is 0.0964. The lowest BCUT2D eigenvalue weighted by molar-refractivity contribution is -0.383. The Kier molecular flexibility index (Phi) is 3.03. The van der Waals surface area contributed by atoms with Crippen molar-refractivity contribution >= 4 is 34.1 Å². The maximum atomic E-state index is 10.9. The largest absolute Gasteiger partial charge is 0.436 e. The van der Waals surface area contributed by atoms with Crippen LogP contribution in [0, 0.1) is 17.0 Å². The van der Waals surface area contributed by atoms with Crippen LogP contribution in [0.4, 0.5) is 11.4 Å². The van der Waals surface area contributed by atoms with Crippen molar-refractivity contribution in [2.24, 2.45) is 0 Å². The lowest BCUT2D eigenvalue weighted by atomic mass is 10.2. The van der Waals surface area contributed by atoms with Crippen LogP contribution >= 0.6 is 11.6 Å². The third-order valence-corrected chi connectivity index (χ3v) is 3.33. The van der Waals surface area contributed by atoms with E-state index in [-0.39, 0.29) is 11.4 Å². The number of rotatable bonds is 2. The van der Waals surface area contributed by atoms with Gasteiger partial charge in [0, 0.05) is 16.7 Å². The van der Waals surface area contributed by atoms with Gasteiger partial charge < -0.3 is 10.2 Å². The molecule has 2 aromatic carbocycles. The molecule has 3 rings (SSSR count). The van der Waals surface area contributed by atoms with Crippen molar-refractivity contribution in [2.45, 2.75) is 6.92 Å². The first-order chi connectivity index (χ1) is 9.95. The van der Waals surface area contributed by atoms with Crippen LogP contribution in [0.2, 0.25) is 5.02 Å². The predicted octanol–water partition coefficient (Wildman–Crippen LogP) is 3.95. The molecule has 7 heteroatoms. The van der Waals surface area contributed by atoms with E-state index in [1.54, 1.807) is 18.2 Å². The molecule has 21 heavy (non-hydrogen) atoms. The molecule has 0 amide bonds. The Morgan fingerprint density at radius 2 is 2.10 bits per heavy atom. The van der Waals surface area contributed by atoms with E-state index in [0.717, 1.165) is 5.56 Å². The highest BCUT2D eigenvalue weighted by Gasteiger charge is 2.16. The van der Waals surface area contributed by atoms with Crippen LogP contribution in [-0.4, -0.2) is 9.91 Å². The van der Waals surface area contributed by atoms with E-state index in [1.807, 2.05) is 6.92 Å². The van der Waals surface area contributed by atoms with Crippen molar-refractivity contribution < 1.29 is 9.34 Å². The average Bonchev–Trinajstić information content (AvgIpc) is 2.83. The topological polar surface area (TPSA) is 95.2 Å². The number of nitro benzene ring substituents is 1. The molecule has 1 heterocycles. The van der Waals surface area contributed by atoms with E-state index >= 15 is 0 Å². The maximum absolute atomic E-state index is 10.9. The zero-order chi connectivity index (χ0) is 15.1. The molecule has 1 aromatic heterocycles. The van der Waals surface area contributed by atoms with Gasteiger partial charge in [-0.2, -0.15) is 0 Å². The van der Waals surface area contributed by atoms with Crippen molar-refractivity contribution in [1.29, 1.82) is 0 Å². The van der Waals surface area contributed by atoms with Gasteiger partial charge in [-0.1, -0.05) is 11.6 Å². The van der Waals surface area contributed by atoms with Gasteiger partial charge in [0.05, 0.1) is 4.92 Å². The smallest absolute Gasteiger partial charge is 0.292 e. The van der Waals surface area contributed by atoms with Gasteiger partial charge in [-0.05, 0) is 36.8 Å². The number of aryl methyl sites for hydroxylation is 1. The number of anilines is 1. The number of hydrogen-bond acceptors (Lipinski definition) is 5. The van der Waals surface area contributed by atoms with Gasteiger partial charge in [-0.15, -0.1) is 0 Å². The minimum atomic E-state index is -0.538. The summed E-state index contributed by atoms with van der Waals surface area (Å²) in [6.45, 7) is 1.86. The molecule has 0 spiro atoms. The summed E-state index contributed by atoms with van der Waals surface area (Å²) in [5.41, 5.74) is 8.05. The Morgan fingerprint density at radius 1 is 1.33 bits per heavy atom. The summed E-state index contributed by atoms with van der Waals surface area (Å²) >= 11 is 5.98. The highest BCUT2D eigenvalue weighted by atomic mass is 35.5. The summed E-state index contributed by atoms with van der Waals surface area (Å²) in [6, 6.07) is 7.88. The average molecular weight is 304 g/mol. The lowest BCUT2D eigenvalue weighted by Gasteiger charge is -1.99. The van der Waals surface area contributed by atoms with E-state index in [9.17, 15) is 10.1 Å². The van der Waals surface area contributed by atoms with Crippen LogP contribution in [0.3, 0.4) is 0 Å². The second-order valence-corrected chi connectivity index (χ2v) is 5.06. The second-order valence-electron chi connectivity index (χ2n) is 4.62. The quantitative estimate of drug-likeness (QED) is 0.439. The molecule has 106 valence electrons. The monoisotopic (exact) mass is 303 g/mol. The number of benzene rings is 2. The fourth-order valence-corrected chi connectivity index (χ4v) is 2.38. The summed E-state index contributed by atoms with van der Waals surface area (Å²) in [5, 5.41) is 11.5. The molecule has 6 nitrogen and oxygen atoms in total. The standard InChI is InChI=1S/C14H10ClN3O3/c1-7-4-9(15)6-11-13(7)21-14(17-11)8-2-3-10(16)12(5-8)18(19)20/h2-6H,16H2,1H3. The molecule has 3 aromatic rings. The first-order valence-corrected chi connectivity index (χ1v) is 6.44. The van der Waals surface area contributed by atoms with Crippen LogP contribution in [0.25, 0.3) is 22.6 Å². The highest BCUT2D eigenvalue weighted by Crippen LogP contribution is 2.32. The molecule has 2 N–H and O–H groups in total. The number of aromatic nitrogens is 1. The number of nitrogens with two attached hydrogens (primary N) is 1. The molecule has 0 unspecified atom stereocenters. The van der Waals surface area contributed by atoms with Crippen LogP contribution in [-0.2, 0) is 0 Å². The van der Waals surface area contributed by atoms with Gasteiger partial charge in [0.15, 0.2) is 5.58 Å². The van der Waals surface area contributed by atoms with Crippen LogP contribution in [0.1, 0.15) is 5.56 Å². The Labute approximate surface area is 124 Å². The first-order valence-electron chi connectivity index (χ1n) is 6.06. The highest BCUT2D eigenvalue weighted by molar-refractivity contribution is 6.31. The van der Waals surface area contributed by atoms with Gasteiger partial charge in [-0.3, -0.25) is 10.1 Å². The lowest BCUT2D eigenvalue weighted by Crippen LogP contribution is -1.95. The van der Waals surface area contributed by atoms with Crippen molar-refractivity contribution in [3.8, 4) is 11.5 Å². The normalized spacial score (nSPS) is 11.0. The van der Waals surface area contributed by atoms with Crippen molar-refractivity contribution in [3.63, 3.8) is 0 Å². The maximum Gasteiger partial charge on any atom is 0.292 e. The van der Waals surface area contributed by atoms with Gasteiger partial charge in [0.25, 0.3) is 5.69 Å². The van der Waals surface area contributed by atoms with Gasteiger partial charge >= 0.3 is 0 Å². The number of hydrogen-bond donors (Lipinski definition) is 1. The molecule has 0 radical (unpaired) electrons. The Bertz CT molecular complexity index is 873. The molecule has 0 saturated heterocycles. The van der Waals surface area contributed by atoms with Crippen molar-refractivity contribution in [2.75, 3.05) is 5.73 Å². The third-order valence-electron chi connectivity index (χ3n) is 3.11. The molecular formula is C14H10ClN3O3. The van der Waals surface area contributed by atoms with E-state index < -0.39 is 4.92 Å². The number of nitrogens with zero attached hydrogens (tertiary/aromatic N) is 2. The second kappa shape index (κ2) is 4.75. The van der Waals surface area contributed by atoms with Crippen LogP contribution in [0.5, 0.6) is 0 Å². The molecule has 0 atom stereocenters. The Morgan fingerprint density at radius 3 is 2.81 bits per heavy atom. The number of oxazole rings is 1. The predicted molar refractivity (Wildman–Crippen MR) is 80.3 cm³/mol. The molecule has 0 fully saturated rings. The van der Waals surface area contributed by atoms with Crippen molar-refractivity contribution in [3.05, 3.63) is 51.0 Å². The molecule has 0 bridgehead atoms.